The number of hydrogen-bond acceptors (Lipinski definition) is 4. The zero-order valence-electron chi connectivity index (χ0n) is 14.1. The van der Waals surface area contributed by atoms with Crippen LogP contribution >= 0.6 is 0 Å². The van der Waals surface area contributed by atoms with E-state index in [1.807, 2.05) is 12.1 Å². The average molecular weight is 316 g/mol. The number of benzene rings is 1. The summed E-state index contributed by atoms with van der Waals surface area (Å²) in [5.74, 6) is 0.0965. The van der Waals surface area contributed by atoms with E-state index < -0.39 is 0 Å². The molecule has 0 spiro atoms. The smallest absolute Gasteiger partial charge is 0.238 e. The van der Waals surface area contributed by atoms with Gasteiger partial charge < -0.3 is 10.6 Å². The highest BCUT2D eigenvalue weighted by atomic mass is 16.2. The van der Waals surface area contributed by atoms with Crippen molar-refractivity contribution in [3.8, 4) is 0 Å². The number of hydrogen-bond donors (Lipinski definition) is 2. The minimum atomic E-state index is 0.0965. The maximum atomic E-state index is 12.3. The van der Waals surface area contributed by atoms with Crippen LogP contribution in [0.25, 0.3) is 0 Å². The standard InChI is InChI=1S/C18H28N4O/c1-2-15-4-3-5-16(12-15)20-18(23)14-21-9-6-17(13-21)22-10-7-19-8-11-22/h3-5,12,17,19H,2,6-11,13-14H2,1H3,(H,20,23). The van der Waals surface area contributed by atoms with Crippen LogP contribution < -0.4 is 10.6 Å². The zero-order valence-corrected chi connectivity index (χ0v) is 14.1. The van der Waals surface area contributed by atoms with Crippen molar-refractivity contribution < 1.29 is 4.79 Å². The summed E-state index contributed by atoms with van der Waals surface area (Å²) in [6.45, 7) is 9.11. The molecule has 0 radical (unpaired) electrons. The Morgan fingerprint density at radius 1 is 1.30 bits per heavy atom. The molecular weight excluding hydrogens is 288 g/mol. The van der Waals surface area contributed by atoms with Crippen LogP contribution in [0.4, 0.5) is 5.69 Å². The monoisotopic (exact) mass is 316 g/mol. The summed E-state index contributed by atoms with van der Waals surface area (Å²) in [5, 5.41) is 6.43. The number of likely N-dealkylation sites (tertiary alicyclic amines) is 1. The van der Waals surface area contributed by atoms with Gasteiger partial charge in [-0.3, -0.25) is 14.6 Å². The molecule has 2 fully saturated rings. The third kappa shape index (κ3) is 4.53. The van der Waals surface area contributed by atoms with Gasteiger partial charge in [-0.05, 0) is 30.5 Å². The SMILES string of the molecule is CCc1cccc(NC(=O)CN2CCC(N3CCNCC3)C2)c1. The van der Waals surface area contributed by atoms with E-state index in [0.717, 1.165) is 51.4 Å². The minimum absolute atomic E-state index is 0.0965. The summed E-state index contributed by atoms with van der Waals surface area (Å²) in [7, 11) is 0. The van der Waals surface area contributed by atoms with Crippen LogP contribution in [-0.2, 0) is 11.2 Å². The van der Waals surface area contributed by atoms with Gasteiger partial charge in [0.05, 0.1) is 6.54 Å². The first-order chi connectivity index (χ1) is 11.2. The average Bonchev–Trinajstić information content (AvgIpc) is 3.04. The maximum Gasteiger partial charge on any atom is 0.238 e. The Bertz CT molecular complexity index is 528. The molecule has 3 rings (SSSR count). The quantitative estimate of drug-likeness (QED) is 0.856. The molecule has 0 bridgehead atoms. The van der Waals surface area contributed by atoms with Crippen LogP contribution in [0, 0.1) is 0 Å². The molecule has 126 valence electrons. The summed E-state index contributed by atoms with van der Waals surface area (Å²) in [6, 6.07) is 8.74. The van der Waals surface area contributed by atoms with Crippen molar-refractivity contribution in [3.63, 3.8) is 0 Å². The van der Waals surface area contributed by atoms with Gasteiger partial charge in [0.2, 0.25) is 5.91 Å². The lowest BCUT2D eigenvalue weighted by Gasteiger charge is -2.32. The third-order valence-corrected chi connectivity index (χ3v) is 4.90. The molecule has 2 saturated heterocycles. The van der Waals surface area contributed by atoms with Gasteiger partial charge in [0.15, 0.2) is 0 Å². The lowest BCUT2D eigenvalue weighted by molar-refractivity contribution is -0.117. The van der Waals surface area contributed by atoms with Crippen LogP contribution in [0.1, 0.15) is 18.9 Å². The van der Waals surface area contributed by atoms with Crippen molar-refractivity contribution in [3.05, 3.63) is 29.8 Å². The Hall–Kier alpha value is -1.43. The van der Waals surface area contributed by atoms with Crippen LogP contribution in [0.5, 0.6) is 0 Å². The van der Waals surface area contributed by atoms with Gasteiger partial charge in [-0.2, -0.15) is 0 Å². The summed E-state index contributed by atoms with van der Waals surface area (Å²) in [5.41, 5.74) is 2.16. The van der Waals surface area contributed by atoms with Gasteiger partial charge in [-0.15, -0.1) is 0 Å². The molecule has 5 nitrogen and oxygen atoms in total. The summed E-state index contributed by atoms with van der Waals surface area (Å²) in [6.07, 6.45) is 2.17. The predicted octanol–water partition coefficient (Wildman–Crippen LogP) is 1.17. The normalized spacial score (nSPS) is 23.1. The zero-order chi connectivity index (χ0) is 16.1. The van der Waals surface area contributed by atoms with E-state index in [1.54, 1.807) is 0 Å². The highest BCUT2D eigenvalue weighted by molar-refractivity contribution is 5.92. The van der Waals surface area contributed by atoms with Crippen LogP contribution in [0.3, 0.4) is 0 Å². The number of rotatable bonds is 5. The molecule has 2 N–H and O–H groups in total. The maximum absolute atomic E-state index is 12.3. The van der Waals surface area contributed by atoms with Crippen LogP contribution in [0.15, 0.2) is 24.3 Å². The van der Waals surface area contributed by atoms with Gasteiger partial charge in [-0.1, -0.05) is 19.1 Å². The molecule has 1 unspecified atom stereocenters. The van der Waals surface area contributed by atoms with Crippen molar-refractivity contribution in [2.75, 3.05) is 51.1 Å². The van der Waals surface area contributed by atoms with Gasteiger partial charge in [0, 0.05) is 51.0 Å². The molecule has 2 aliphatic rings. The van der Waals surface area contributed by atoms with Crippen molar-refractivity contribution in [1.82, 2.24) is 15.1 Å². The highest BCUT2D eigenvalue weighted by Crippen LogP contribution is 2.16. The first kappa shape index (κ1) is 16.4. The molecule has 2 heterocycles. The van der Waals surface area contributed by atoms with Gasteiger partial charge in [0.1, 0.15) is 0 Å². The molecule has 0 aliphatic carbocycles. The molecule has 1 aromatic carbocycles. The Morgan fingerprint density at radius 3 is 2.91 bits per heavy atom. The summed E-state index contributed by atoms with van der Waals surface area (Å²) >= 11 is 0. The van der Waals surface area contributed by atoms with Crippen molar-refractivity contribution in [2.24, 2.45) is 0 Å². The Balaban J connectivity index is 1.46. The van der Waals surface area contributed by atoms with E-state index in [4.69, 9.17) is 0 Å². The fourth-order valence-electron chi connectivity index (χ4n) is 3.57. The van der Waals surface area contributed by atoms with Crippen molar-refractivity contribution >= 4 is 11.6 Å². The Labute approximate surface area is 139 Å². The fraction of sp³-hybridized carbons (Fsp3) is 0.611. The predicted molar refractivity (Wildman–Crippen MR) is 93.7 cm³/mol. The first-order valence-electron chi connectivity index (χ1n) is 8.80. The lowest BCUT2D eigenvalue weighted by atomic mass is 10.1. The van der Waals surface area contributed by atoms with Gasteiger partial charge >= 0.3 is 0 Å². The fourth-order valence-corrected chi connectivity index (χ4v) is 3.57. The topological polar surface area (TPSA) is 47.6 Å². The molecule has 23 heavy (non-hydrogen) atoms. The number of piperazine rings is 1. The third-order valence-electron chi connectivity index (χ3n) is 4.90. The molecule has 2 aliphatic heterocycles. The van der Waals surface area contributed by atoms with Crippen molar-refractivity contribution in [2.45, 2.75) is 25.8 Å². The van der Waals surface area contributed by atoms with Gasteiger partial charge in [-0.25, -0.2) is 0 Å². The number of amides is 1. The highest BCUT2D eigenvalue weighted by Gasteiger charge is 2.29. The number of aryl methyl sites for hydroxylation is 1. The Morgan fingerprint density at radius 2 is 2.13 bits per heavy atom. The van der Waals surface area contributed by atoms with E-state index in [2.05, 4.69) is 39.5 Å². The number of carbonyl (C=O) groups is 1. The van der Waals surface area contributed by atoms with E-state index in [1.165, 1.54) is 12.0 Å². The first-order valence-corrected chi connectivity index (χ1v) is 8.80. The Kier molecular flexibility index (Phi) is 5.65. The molecule has 1 aromatic rings. The minimum Gasteiger partial charge on any atom is -0.325 e. The van der Waals surface area contributed by atoms with E-state index in [0.29, 0.717) is 12.6 Å². The number of nitrogens with zero attached hydrogens (tertiary/aromatic N) is 2. The van der Waals surface area contributed by atoms with Crippen LogP contribution in [-0.4, -0.2) is 67.6 Å². The molecule has 1 atom stereocenters. The second-order valence-corrected chi connectivity index (χ2v) is 6.57. The largest absolute Gasteiger partial charge is 0.325 e. The van der Waals surface area contributed by atoms with Crippen LogP contribution in [0.2, 0.25) is 0 Å². The number of nitrogens with one attached hydrogen (secondary N) is 2. The van der Waals surface area contributed by atoms with Gasteiger partial charge in [0.25, 0.3) is 0 Å². The molecule has 0 aromatic heterocycles. The van der Waals surface area contributed by atoms with E-state index in [-0.39, 0.29) is 5.91 Å². The lowest BCUT2D eigenvalue weighted by Crippen LogP contribution is -2.49. The second-order valence-electron chi connectivity index (χ2n) is 6.57. The number of carbonyl (C=O) groups excluding carboxylic acids is 1. The van der Waals surface area contributed by atoms with E-state index in [9.17, 15) is 4.79 Å². The van der Waals surface area contributed by atoms with E-state index >= 15 is 0 Å². The summed E-state index contributed by atoms with van der Waals surface area (Å²) in [4.78, 5) is 17.1. The molecule has 1 amide bonds. The van der Waals surface area contributed by atoms with Crippen molar-refractivity contribution in [1.29, 1.82) is 0 Å². The molecular formula is C18H28N4O. The molecule has 5 heteroatoms. The summed E-state index contributed by atoms with van der Waals surface area (Å²) < 4.78 is 0. The number of anilines is 1. The molecule has 0 saturated carbocycles. The second kappa shape index (κ2) is 7.90.